The number of hydrogen-bond acceptors (Lipinski definition) is 5. The standard InChI is InChI=1S/C24H32N4O3/c29-20-8-7-18(22(30)27-20)28-15-17-5-3-4-16(21(17)23(28)31)14-26-19-6-1-2-9-24(19)10-12-25-13-11-24/h3-5,18-19,25-26H,1-2,6-15H2,(H,27,29,30). The monoisotopic (exact) mass is 424 g/mol. The molecule has 0 bridgehead atoms. The molecule has 3 aliphatic heterocycles. The largest absolute Gasteiger partial charge is 0.322 e. The molecular formula is C24H32N4O3. The number of amides is 3. The molecule has 1 saturated carbocycles. The summed E-state index contributed by atoms with van der Waals surface area (Å²) in [7, 11) is 0. The number of nitrogens with one attached hydrogen (secondary N) is 3. The van der Waals surface area contributed by atoms with E-state index in [1.807, 2.05) is 18.2 Å². The Kier molecular flexibility index (Phi) is 5.56. The zero-order valence-electron chi connectivity index (χ0n) is 18.0. The predicted octanol–water partition coefficient (Wildman–Crippen LogP) is 1.85. The van der Waals surface area contributed by atoms with E-state index in [0.717, 1.165) is 29.8 Å². The first-order chi connectivity index (χ1) is 15.1. The quantitative estimate of drug-likeness (QED) is 0.642. The summed E-state index contributed by atoms with van der Waals surface area (Å²) < 4.78 is 0. The van der Waals surface area contributed by atoms with Gasteiger partial charge in [0.05, 0.1) is 0 Å². The Bertz CT molecular complexity index is 885. The molecule has 31 heavy (non-hydrogen) atoms. The van der Waals surface area contributed by atoms with Crippen molar-refractivity contribution >= 4 is 17.7 Å². The van der Waals surface area contributed by atoms with Gasteiger partial charge in [-0.05, 0) is 61.7 Å². The fourth-order valence-corrected chi connectivity index (χ4v) is 6.22. The summed E-state index contributed by atoms with van der Waals surface area (Å²) in [4.78, 5) is 38.8. The molecule has 0 radical (unpaired) electrons. The number of piperidine rings is 2. The molecule has 7 nitrogen and oxygen atoms in total. The molecule has 3 fully saturated rings. The Balaban J connectivity index is 1.32. The average molecular weight is 425 g/mol. The minimum Gasteiger partial charge on any atom is -0.322 e. The molecule has 0 aromatic heterocycles. The van der Waals surface area contributed by atoms with Gasteiger partial charge in [-0.1, -0.05) is 31.0 Å². The average Bonchev–Trinajstić information content (AvgIpc) is 3.11. The van der Waals surface area contributed by atoms with Crippen molar-refractivity contribution in [1.82, 2.24) is 20.9 Å². The van der Waals surface area contributed by atoms with Crippen LogP contribution in [-0.4, -0.2) is 47.8 Å². The molecular weight excluding hydrogens is 392 g/mol. The van der Waals surface area contributed by atoms with Crippen molar-refractivity contribution in [1.29, 1.82) is 0 Å². The zero-order chi connectivity index (χ0) is 21.4. The number of carbonyl (C=O) groups excluding carboxylic acids is 3. The van der Waals surface area contributed by atoms with Crippen LogP contribution < -0.4 is 16.0 Å². The van der Waals surface area contributed by atoms with Gasteiger partial charge in [0.2, 0.25) is 11.8 Å². The summed E-state index contributed by atoms with van der Waals surface area (Å²) >= 11 is 0. The van der Waals surface area contributed by atoms with Crippen molar-refractivity contribution in [2.45, 2.75) is 76.5 Å². The third-order valence-electron chi connectivity index (χ3n) is 7.93. The number of nitrogens with zero attached hydrogens (tertiary/aromatic N) is 1. The van der Waals surface area contributed by atoms with Crippen LogP contribution in [0, 0.1) is 5.41 Å². The maximum Gasteiger partial charge on any atom is 0.255 e. The molecule has 2 unspecified atom stereocenters. The summed E-state index contributed by atoms with van der Waals surface area (Å²) in [5.41, 5.74) is 3.13. The van der Waals surface area contributed by atoms with E-state index in [1.54, 1.807) is 4.90 Å². The van der Waals surface area contributed by atoms with Gasteiger partial charge >= 0.3 is 0 Å². The van der Waals surface area contributed by atoms with Crippen LogP contribution in [-0.2, 0) is 22.7 Å². The van der Waals surface area contributed by atoms with E-state index < -0.39 is 6.04 Å². The van der Waals surface area contributed by atoms with E-state index in [4.69, 9.17) is 0 Å². The minimum absolute atomic E-state index is 0.0814. The lowest BCUT2D eigenvalue weighted by Crippen LogP contribution is -2.52. The summed E-state index contributed by atoms with van der Waals surface area (Å²) in [6.45, 7) is 3.31. The van der Waals surface area contributed by atoms with Crippen molar-refractivity contribution in [3.63, 3.8) is 0 Å². The Morgan fingerprint density at radius 1 is 1.06 bits per heavy atom. The minimum atomic E-state index is -0.560. The van der Waals surface area contributed by atoms with Gasteiger partial charge in [-0.3, -0.25) is 19.7 Å². The van der Waals surface area contributed by atoms with Gasteiger partial charge < -0.3 is 15.5 Å². The van der Waals surface area contributed by atoms with Gasteiger partial charge in [0.1, 0.15) is 6.04 Å². The van der Waals surface area contributed by atoms with Crippen LogP contribution in [0.25, 0.3) is 0 Å². The molecule has 7 heteroatoms. The number of rotatable bonds is 4. The maximum atomic E-state index is 13.3. The van der Waals surface area contributed by atoms with E-state index in [2.05, 4.69) is 16.0 Å². The lowest BCUT2D eigenvalue weighted by molar-refractivity contribution is -0.136. The highest BCUT2D eigenvalue weighted by Crippen LogP contribution is 2.43. The van der Waals surface area contributed by atoms with Gasteiger partial charge in [-0.2, -0.15) is 0 Å². The first-order valence-corrected chi connectivity index (χ1v) is 11.8. The summed E-state index contributed by atoms with van der Waals surface area (Å²) in [6.07, 6.45) is 8.20. The molecule has 2 saturated heterocycles. The number of imide groups is 1. The first kappa shape index (κ1) is 20.6. The van der Waals surface area contributed by atoms with Gasteiger partial charge in [-0.25, -0.2) is 0 Å². The van der Waals surface area contributed by atoms with Crippen molar-refractivity contribution in [2.24, 2.45) is 5.41 Å². The topological polar surface area (TPSA) is 90.5 Å². The van der Waals surface area contributed by atoms with E-state index in [0.29, 0.717) is 31.0 Å². The van der Waals surface area contributed by atoms with E-state index in [1.165, 1.54) is 38.5 Å². The molecule has 166 valence electrons. The predicted molar refractivity (Wildman–Crippen MR) is 116 cm³/mol. The highest BCUT2D eigenvalue weighted by molar-refractivity contribution is 6.05. The molecule has 1 spiro atoms. The normalized spacial score (nSPS) is 28.0. The second-order valence-electron chi connectivity index (χ2n) is 9.64. The molecule has 1 aliphatic carbocycles. The van der Waals surface area contributed by atoms with Crippen LogP contribution in [0.3, 0.4) is 0 Å². The Labute approximate surface area is 183 Å². The summed E-state index contributed by atoms with van der Waals surface area (Å²) in [5, 5.41) is 9.72. The van der Waals surface area contributed by atoms with Gasteiger partial charge in [0, 0.05) is 31.1 Å². The van der Waals surface area contributed by atoms with Gasteiger partial charge in [-0.15, -0.1) is 0 Å². The number of benzene rings is 1. The van der Waals surface area contributed by atoms with Crippen LogP contribution >= 0.6 is 0 Å². The second kappa shape index (κ2) is 8.36. The molecule has 3 amide bonds. The Hall–Kier alpha value is -2.25. The number of fused-ring (bicyclic) bond motifs is 1. The fourth-order valence-electron chi connectivity index (χ4n) is 6.22. The molecule has 1 aromatic carbocycles. The highest BCUT2D eigenvalue weighted by atomic mass is 16.2. The SMILES string of the molecule is O=C1CCC(N2Cc3cccc(CNC4CCCCC45CCNCC5)c3C2=O)C(=O)N1. The number of carbonyl (C=O) groups is 3. The first-order valence-electron chi connectivity index (χ1n) is 11.8. The Morgan fingerprint density at radius 3 is 2.71 bits per heavy atom. The fraction of sp³-hybridized carbons (Fsp3) is 0.625. The van der Waals surface area contributed by atoms with E-state index in [-0.39, 0.29) is 24.1 Å². The molecule has 4 aliphatic rings. The van der Waals surface area contributed by atoms with Crippen LogP contribution in [0.4, 0.5) is 0 Å². The lowest BCUT2D eigenvalue weighted by Gasteiger charge is -2.47. The number of hydrogen-bond donors (Lipinski definition) is 3. The van der Waals surface area contributed by atoms with Crippen LogP contribution in [0.15, 0.2) is 18.2 Å². The van der Waals surface area contributed by atoms with E-state index >= 15 is 0 Å². The van der Waals surface area contributed by atoms with Crippen LogP contribution in [0.1, 0.15) is 72.9 Å². The second-order valence-corrected chi connectivity index (χ2v) is 9.64. The molecule has 1 aromatic rings. The third-order valence-corrected chi connectivity index (χ3v) is 7.93. The van der Waals surface area contributed by atoms with Crippen molar-refractivity contribution in [3.8, 4) is 0 Å². The third kappa shape index (κ3) is 3.78. The van der Waals surface area contributed by atoms with Crippen molar-refractivity contribution < 1.29 is 14.4 Å². The lowest BCUT2D eigenvalue weighted by atomic mass is 9.65. The van der Waals surface area contributed by atoms with Crippen LogP contribution in [0.5, 0.6) is 0 Å². The molecule has 3 N–H and O–H groups in total. The maximum absolute atomic E-state index is 13.3. The molecule has 5 rings (SSSR count). The highest BCUT2D eigenvalue weighted by Gasteiger charge is 2.42. The summed E-state index contributed by atoms with van der Waals surface area (Å²) in [5.74, 6) is -0.691. The van der Waals surface area contributed by atoms with Crippen LogP contribution in [0.2, 0.25) is 0 Å². The zero-order valence-corrected chi connectivity index (χ0v) is 18.0. The smallest absolute Gasteiger partial charge is 0.255 e. The van der Waals surface area contributed by atoms with Crippen molar-refractivity contribution in [2.75, 3.05) is 13.1 Å². The van der Waals surface area contributed by atoms with Crippen molar-refractivity contribution in [3.05, 3.63) is 34.9 Å². The molecule has 3 heterocycles. The summed E-state index contributed by atoms with van der Waals surface area (Å²) in [6, 6.07) is 5.96. The van der Waals surface area contributed by atoms with Gasteiger partial charge in [0.25, 0.3) is 5.91 Å². The van der Waals surface area contributed by atoms with E-state index in [9.17, 15) is 14.4 Å². The van der Waals surface area contributed by atoms with Gasteiger partial charge in [0.15, 0.2) is 0 Å². The Morgan fingerprint density at radius 2 is 1.90 bits per heavy atom. The molecule has 2 atom stereocenters.